The van der Waals surface area contributed by atoms with Crippen LogP contribution in [0.3, 0.4) is 0 Å². The summed E-state index contributed by atoms with van der Waals surface area (Å²) < 4.78 is 0. The molecular formula is C17H20ClNS. The highest BCUT2D eigenvalue weighted by molar-refractivity contribution is 7.10. The molecule has 2 unspecified atom stereocenters. The summed E-state index contributed by atoms with van der Waals surface area (Å²) in [4.78, 5) is 1.58. The molecule has 20 heavy (non-hydrogen) atoms. The fourth-order valence-electron chi connectivity index (χ4n) is 3.25. The van der Waals surface area contributed by atoms with Gasteiger partial charge in [0, 0.05) is 21.9 Å². The molecule has 0 fully saturated rings. The lowest BCUT2D eigenvalue weighted by molar-refractivity contribution is 0.411. The molecule has 1 heterocycles. The lowest BCUT2D eigenvalue weighted by Gasteiger charge is -2.31. The molecule has 2 aromatic rings. The second-order valence-corrected chi connectivity index (χ2v) is 6.82. The topological polar surface area (TPSA) is 12.0 Å². The lowest BCUT2D eigenvalue weighted by atomic mass is 9.80. The van der Waals surface area contributed by atoms with E-state index in [1.54, 1.807) is 10.4 Å². The van der Waals surface area contributed by atoms with Gasteiger partial charge < -0.3 is 5.32 Å². The summed E-state index contributed by atoms with van der Waals surface area (Å²) in [5.74, 6) is 0.589. The van der Waals surface area contributed by atoms with Crippen LogP contribution in [0.1, 0.15) is 47.7 Å². The maximum absolute atomic E-state index is 6.02. The number of hydrogen-bond donors (Lipinski definition) is 1. The number of fused-ring (bicyclic) bond motifs is 1. The normalized spacial score (nSPS) is 19.6. The van der Waals surface area contributed by atoms with Crippen molar-refractivity contribution in [3.05, 3.63) is 56.7 Å². The molecule has 2 atom stereocenters. The van der Waals surface area contributed by atoms with Gasteiger partial charge in [-0.25, -0.2) is 0 Å². The predicted octanol–water partition coefficient (Wildman–Crippen LogP) is 5.17. The minimum atomic E-state index is 0.394. The smallest absolute Gasteiger partial charge is 0.0406 e. The zero-order valence-electron chi connectivity index (χ0n) is 11.7. The lowest BCUT2D eigenvalue weighted by Crippen LogP contribution is -2.28. The Hall–Kier alpha value is -0.830. The zero-order valence-corrected chi connectivity index (χ0v) is 13.3. The van der Waals surface area contributed by atoms with Crippen LogP contribution in [0, 0.1) is 0 Å². The summed E-state index contributed by atoms with van der Waals surface area (Å²) in [7, 11) is 0. The largest absolute Gasteiger partial charge is 0.310 e. The number of nitrogens with one attached hydrogen (secondary N) is 1. The van der Waals surface area contributed by atoms with E-state index >= 15 is 0 Å². The molecule has 1 aliphatic carbocycles. The first kappa shape index (κ1) is 14.1. The first-order chi connectivity index (χ1) is 9.79. The van der Waals surface area contributed by atoms with Gasteiger partial charge in [-0.05, 0) is 60.5 Å². The van der Waals surface area contributed by atoms with E-state index in [4.69, 9.17) is 11.6 Å². The van der Waals surface area contributed by atoms with Crippen LogP contribution in [0.25, 0.3) is 0 Å². The van der Waals surface area contributed by atoms with Crippen LogP contribution in [-0.4, -0.2) is 6.54 Å². The highest BCUT2D eigenvalue weighted by atomic mass is 35.5. The number of halogens is 1. The summed E-state index contributed by atoms with van der Waals surface area (Å²) in [6, 6.07) is 11.0. The van der Waals surface area contributed by atoms with Gasteiger partial charge in [0.05, 0.1) is 0 Å². The molecule has 1 aromatic heterocycles. The Morgan fingerprint density at radius 1 is 1.30 bits per heavy atom. The number of aryl methyl sites for hydroxylation is 1. The maximum atomic E-state index is 6.02. The minimum Gasteiger partial charge on any atom is -0.310 e. The molecule has 0 aliphatic heterocycles. The molecule has 0 saturated carbocycles. The molecule has 106 valence electrons. The highest BCUT2D eigenvalue weighted by Crippen LogP contribution is 2.42. The first-order valence-electron chi connectivity index (χ1n) is 7.34. The molecule has 0 saturated heterocycles. The van der Waals surface area contributed by atoms with Crippen LogP contribution < -0.4 is 5.32 Å². The summed E-state index contributed by atoms with van der Waals surface area (Å²) in [6.45, 7) is 3.17. The van der Waals surface area contributed by atoms with Gasteiger partial charge in [-0.2, -0.15) is 0 Å². The summed E-state index contributed by atoms with van der Waals surface area (Å²) in [5.41, 5.74) is 2.91. The average Bonchev–Trinajstić information content (AvgIpc) is 2.94. The zero-order chi connectivity index (χ0) is 13.9. The van der Waals surface area contributed by atoms with E-state index in [1.165, 1.54) is 24.8 Å². The van der Waals surface area contributed by atoms with Crippen LogP contribution in [0.5, 0.6) is 0 Å². The van der Waals surface area contributed by atoms with Gasteiger partial charge in [-0.15, -0.1) is 11.3 Å². The summed E-state index contributed by atoms with van der Waals surface area (Å²) in [6.07, 6.45) is 3.82. The Morgan fingerprint density at radius 3 is 2.85 bits per heavy atom. The number of rotatable bonds is 4. The van der Waals surface area contributed by atoms with E-state index < -0.39 is 0 Å². The second kappa shape index (κ2) is 6.30. The Labute approximate surface area is 130 Å². The van der Waals surface area contributed by atoms with Crippen LogP contribution in [0.2, 0.25) is 5.02 Å². The van der Waals surface area contributed by atoms with Crippen molar-refractivity contribution >= 4 is 22.9 Å². The maximum Gasteiger partial charge on any atom is 0.0406 e. The molecule has 1 nitrogen and oxygen atoms in total. The van der Waals surface area contributed by atoms with Crippen molar-refractivity contribution in [2.45, 2.75) is 38.1 Å². The molecule has 3 rings (SSSR count). The van der Waals surface area contributed by atoms with Crippen molar-refractivity contribution in [3.63, 3.8) is 0 Å². The van der Waals surface area contributed by atoms with Gasteiger partial charge in [-0.3, -0.25) is 0 Å². The third kappa shape index (κ3) is 2.78. The van der Waals surface area contributed by atoms with Gasteiger partial charge in [0.15, 0.2) is 0 Å². The number of hydrogen-bond acceptors (Lipinski definition) is 2. The Morgan fingerprint density at radius 2 is 2.10 bits per heavy atom. The third-order valence-electron chi connectivity index (χ3n) is 4.15. The monoisotopic (exact) mass is 305 g/mol. The third-order valence-corrected chi connectivity index (χ3v) is 5.40. The molecule has 1 aromatic carbocycles. The SMILES string of the molecule is CCNC(c1ccc(Cl)cc1)C1CCCc2sccc21. The molecule has 0 amide bonds. The number of benzene rings is 1. The number of thiophene rings is 1. The molecule has 1 aliphatic rings. The van der Waals surface area contributed by atoms with Gasteiger partial charge in [0.1, 0.15) is 0 Å². The molecule has 3 heteroatoms. The van der Waals surface area contributed by atoms with Crippen LogP contribution in [0.15, 0.2) is 35.7 Å². The summed E-state index contributed by atoms with van der Waals surface area (Å²) in [5, 5.41) is 6.73. The number of likely N-dealkylation sites (N-methyl/N-ethyl adjacent to an activating group) is 1. The standard InChI is InChI=1S/C17H20ClNS/c1-2-19-17(12-6-8-13(18)9-7-12)15-4-3-5-16-14(15)10-11-20-16/h6-11,15,17,19H,2-5H2,1H3. The van der Waals surface area contributed by atoms with E-state index in [0.29, 0.717) is 12.0 Å². The van der Waals surface area contributed by atoms with Crippen LogP contribution in [0.4, 0.5) is 0 Å². The predicted molar refractivity (Wildman–Crippen MR) is 87.9 cm³/mol. The van der Waals surface area contributed by atoms with Crippen LogP contribution >= 0.6 is 22.9 Å². The Bertz CT molecular complexity index is 561. The van der Waals surface area contributed by atoms with Crippen molar-refractivity contribution in [1.29, 1.82) is 0 Å². The average molecular weight is 306 g/mol. The second-order valence-electron chi connectivity index (χ2n) is 5.38. The van der Waals surface area contributed by atoms with Gasteiger partial charge >= 0.3 is 0 Å². The highest BCUT2D eigenvalue weighted by Gasteiger charge is 2.29. The quantitative estimate of drug-likeness (QED) is 0.821. The van der Waals surface area contributed by atoms with Crippen molar-refractivity contribution in [1.82, 2.24) is 5.32 Å². The van der Waals surface area contributed by atoms with E-state index in [1.807, 2.05) is 23.5 Å². The van der Waals surface area contributed by atoms with Crippen molar-refractivity contribution in [2.24, 2.45) is 0 Å². The fraction of sp³-hybridized carbons (Fsp3) is 0.412. The molecule has 0 radical (unpaired) electrons. The van der Waals surface area contributed by atoms with Crippen LogP contribution in [-0.2, 0) is 6.42 Å². The van der Waals surface area contributed by atoms with E-state index in [0.717, 1.165) is 11.6 Å². The van der Waals surface area contributed by atoms with Gasteiger partial charge in [0.2, 0.25) is 0 Å². The first-order valence-corrected chi connectivity index (χ1v) is 8.60. The Balaban J connectivity index is 1.94. The van der Waals surface area contributed by atoms with E-state index in [9.17, 15) is 0 Å². The van der Waals surface area contributed by atoms with E-state index in [2.05, 4.69) is 35.8 Å². The molecule has 0 bridgehead atoms. The van der Waals surface area contributed by atoms with E-state index in [-0.39, 0.29) is 0 Å². The van der Waals surface area contributed by atoms with Crippen molar-refractivity contribution in [3.8, 4) is 0 Å². The molecular weight excluding hydrogens is 286 g/mol. The summed E-state index contributed by atoms with van der Waals surface area (Å²) >= 11 is 7.94. The van der Waals surface area contributed by atoms with Crippen molar-refractivity contribution in [2.75, 3.05) is 6.54 Å². The van der Waals surface area contributed by atoms with Gasteiger partial charge in [-0.1, -0.05) is 30.7 Å². The fourth-order valence-corrected chi connectivity index (χ4v) is 4.37. The molecule has 0 spiro atoms. The molecule has 1 N–H and O–H groups in total. The van der Waals surface area contributed by atoms with Crippen molar-refractivity contribution < 1.29 is 0 Å². The van der Waals surface area contributed by atoms with Gasteiger partial charge in [0.25, 0.3) is 0 Å². The Kier molecular flexibility index (Phi) is 4.45. The minimum absolute atomic E-state index is 0.394.